The van der Waals surface area contributed by atoms with Crippen LogP contribution in [0.4, 0.5) is 4.79 Å². The van der Waals surface area contributed by atoms with Crippen LogP contribution in [0, 0.1) is 17.2 Å². The number of piperidine rings is 1. The second-order valence-corrected chi connectivity index (χ2v) is 7.97. The first kappa shape index (κ1) is 20.2. The van der Waals surface area contributed by atoms with Crippen LogP contribution in [0.2, 0.25) is 0 Å². The van der Waals surface area contributed by atoms with Crippen molar-refractivity contribution in [2.24, 2.45) is 5.92 Å². The highest BCUT2D eigenvalue weighted by molar-refractivity contribution is 8.04. The van der Waals surface area contributed by atoms with E-state index in [-0.39, 0.29) is 30.3 Å². The molecule has 0 saturated carbocycles. The quantitative estimate of drug-likeness (QED) is 0.756. The van der Waals surface area contributed by atoms with Crippen LogP contribution in [0.15, 0.2) is 40.9 Å². The number of nitrogens with one attached hydrogen (secondary N) is 1. The van der Waals surface area contributed by atoms with Gasteiger partial charge in [-0.2, -0.15) is 5.26 Å². The van der Waals surface area contributed by atoms with Crippen molar-refractivity contribution in [3.05, 3.63) is 46.5 Å². The third-order valence-corrected chi connectivity index (χ3v) is 6.21. The number of hydrogen-bond donors (Lipinski definition) is 2. The second-order valence-electron chi connectivity index (χ2n) is 6.72. The number of benzene rings is 1. The van der Waals surface area contributed by atoms with Gasteiger partial charge in [0.25, 0.3) is 0 Å². The molecule has 2 heterocycles. The fraction of sp³-hybridized carbons (Fsp3) is 0.450. The highest BCUT2D eigenvalue weighted by Crippen LogP contribution is 2.44. The maximum Gasteiger partial charge on any atom is 0.409 e. The van der Waals surface area contributed by atoms with Crippen LogP contribution >= 0.6 is 11.8 Å². The van der Waals surface area contributed by atoms with E-state index in [9.17, 15) is 14.9 Å². The van der Waals surface area contributed by atoms with Crippen molar-refractivity contribution in [3.63, 3.8) is 0 Å². The molecule has 1 aromatic carbocycles. The topological polar surface area (TPSA) is 103 Å². The number of carbonyl (C=O) groups excluding carboxylic acids is 2. The molecule has 0 radical (unpaired) electrons. The summed E-state index contributed by atoms with van der Waals surface area (Å²) in [4.78, 5) is 26.0. The number of likely N-dealkylation sites (tertiary alicyclic amines) is 1. The molecule has 0 spiro atoms. The van der Waals surface area contributed by atoms with Gasteiger partial charge in [-0.3, -0.25) is 4.79 Å². The number of nitriles is 1. The summed E-state index contributed by atoms with van der Waals surface area (Å²) in [6.07, 6.45) is 1.19. The average molecular weight is 401 g/mol. The Morgan fingerprint density at radius 2 is 2.14 bits per heavy atom. The third kappa shape index (κ3) is 4.86. The number of thioether (sulfide) groups is 1. The van der Waals surface area contributed by atoms with Crippen molar-refractivity contribution in [1.29, 1.82) is 5.26 Å². The Morgan fingerprint density at radius 1 is 1.36 bits per heavy atom. The Bertz CT molecular complexity index is 790. The van der Waals surface area contributed by atoms with Crippen LogP contribution in [0.25, 0.3) is 0 Å². The molecule has 2 aliphatic rings. The van der Waals surface area contributed by atoms with Gasteiger partial charge < -0.3 is 20.1 Å². The molecule has 2 unspecified atom stereocenters. The first-order valence-corrected chi connectivity index (χ1v) is 10.2. The minimum atomic E-state index is -0.452. The van der Waals surface area contributed by atoms with Crippen LogP contribution in [0.3, 0.4) is 0 Å². The van der Waals surface area contributed by atoms with E-state index in [0.717, 1.165) is 5.56 Å². The van der Waals surface area contributed by atoms with Gasteiger partial charge in [-0.1, -0.05) is 30.3 Å². The van der Waals surface area contributed by atoms with Gasteiger partial charge in [0.1, 0.15) is 6.61 Å². The van der Waals surface area contributed by atoms with E-state index >= 15 is 0 Å². The highest BCUT2D eigenvalue weighted by Gasteiger charge is 2.41. The van der Waals surface area contributed by atoms with E-state index in [1.165, 1.54) is 11.8 Å². The number of aliphatic hydroxyl groups is 1. The lowest BCUT2D eigenvalue weighted by Gasteiger charge is -2.33. The molecule has 0 aromatic heterocycles. The summed E-state index contributed by atoms with van der Waals surface area (Å²) in [6, 6.07) is 12.0. The van der Waals surface area contributed by atoms with E-state index in [0.29, 0.717) is 43.0 Å². The third-order valence-electron chi connectivity index (χ3n) is 4.88. The molecule has 2 aliphatic heterocycles. The number of ether oxygens (including phenoxy) is 1. The van der Waals surface area contributed by atoms with Crippen molar-refractivity contribution in [3.8, 4) is 6.07 Å². The Morgan fingerprint density at radius 3 is 2.86 bits per heavy atom. The van der Waals surface area contributed by atoms with Gasteiger partial charge >= 0.3 is 6.09 Å². The fourth-order valence-electron chi connectivity index (χ4n) is 3.46. The monoisotopic (exact) mass is 401 g/mol. The van der Waals surface area contributed by atoms with Crippen molar-refractivity contribution < 1.29 is 19.4 Å². The van der Waals surface area contributed by atoms with Crippen molar-refractivity contribution in [2.45, 2.75) is 24.5 Å². The summed E-state index contributed by atoms with van der Waals surface area (Å²) in [6.45, 7) is 0.710. The van der Waals surface area contributed by atoms with Crippen molar-refractivity contribution >= 4 is 23.8 Å². The van der Waals surface area contributed by atoms with Gasteiger partial charge in [-0.15, -0.1) is 11.8 Å². The molecular weight excluding hydrogens is 378 g/mol. The summed E-state index contributed by atoms with van der Waals surface area (Å²) < 4.78 is 4.98. The standard InChI is InChI=1S/C20H23N3O4S/c21-12-16-15-8-9-23(20(26)27-11-10-24)13-17(15)28-19(16)22-18(25)7-6-14-4-2-1-3-5-14/h1-5,15,17,24H,6-11,13H2,(H,22,25). The van der Waals surface area contributed by atoms with Gasteiger partial charge in [-0.25, -0.2) is 4.79 Å². The summed E-state index contributed by atoms with van der Waals surface area (Å²) in [5, 5.41) is 21.9. The number of aryl methyl sites for hydroxylation is 1. The lowest BCUT2D eigenvalue weighted by atomic mass is 9.90. The lowest BCUT2D eigenvalue weighted by Crippen LogP contribution is -2.44. The fourth-order valence-corrected chi connectivity index (χ4v) is 4.95. The molecule has 1 aromatic rings. The Labute approximate surface area is 168 Å². The van der Waals surface area contributed by atoms with E-state index < -0.39 is 6.09 Å². The zero-order valence-corrected chi connectivity index (χ0v) is 16.3. The van der Waals surface area contributed by atoms with E-state index in [1.807, 2.05) is 30.3 Å². The molecule has 3 rings (SSSR count). The second kappa shape index (κ2) is 9.62. The number of nitrogens with zero attached hydrogens (tertiary/aromatic N) is 2. The molecule has 0 aliphatic carbocycles. The van der Waals surface area contributed by atoms with Gasteiger partial charge in [0.05, 0.1) is 23.3 Å². The zero-order chi connectivity index (χ0) is 19.9. The SMILES string of the molecule is N#CC1=C(NC(=O)CCc2ccccc2)SC2CN(C(=O)OCCO)CCC12. The normalized spacial score (nSPS) is 21.1. The molecule has 148 valence electrons. The van der Waals surface area contributed by atoms with Crippen LogP contribution in [-0.4, -0.2) is 53.6 Å². The maximum atomic E-state index is 12.4. The first-order valence-electron chi connectivity index (χ1n) is 9.29. The predicted octanol–water partition coefficient (Wildman–Crippen LogP) is 2.04. The molecule has 28 heavy (non-hydrogen) atoms. The minimum absolute atomic E-state index is 0.0227. The Balaban J connectivity index is 1.56. The molecule has 7 nitrogen and oxygen atoms in total. The van der Waals surface area contributed by atoms with Crippen LogP contribution in [0.5, 0.6) is 0 Å². The van der Waals surface area contributed by atoms with Crippen LogP contribution < -0.4 is 5.32 Å². The van der Waals surface area contributed by atoms with E-state index in [1.54, 1.807) is 4.90 Å². The summed E-state index contributed by atoms with van der Waals surface area (Å²) in [7, 11) is 0. The number of hydrogen-bond acceptors (Lipinski definition) is 6. The van der Waals surface area contributed by atoms with Gasteiger partial charge in [-0.05, 0) is 18.4 Å². The maximum absolute atomic E-state index is 12.4. The first-order chi connectivity index (χ1) is 13.6. The van der Waals surface area contributed by atoms with Gasteiger partial charge in [0.15, 0.2) is 0 Å². The van der Waals surface area contributed by atoms with Crippen LogP contribution in [-0.2, 0) is 16.0 Å². The number of carbonyl (C=O) groups is 2. The molecule has 1 fully saturated rings. The number of amides is 2. The van der Waals surface area contributed by atoms with Gasteiger partial charge in [0.2, 0.25) is 5.91 Å². The lowest BCUT2D eigenvalue weighted by molar-refractivity contribution is -0.120. The minimum Gasteiger partial charge on any atom is -0.447 e. The molecule has 2 amide bonds. The summed E-state index contributed by atoms with van der Waals surface area (Å²) in [5.74, 6) is -0.0849. The van der Waals surface area contributed by atoms with E-state index in [2.05, 4.69) is 11.4 Å². The molecular formula is C20H23N3O4S. The molecule has 0 bridgehead atoms. The van der Waals surface area contributed by atoms with Crippen molar-refractivity contribution in [1.82, 2.24) is 10.2 Å². The number of fused-ring (bicyclic) bond motifs is 1. The highest BCUT2D eigenvalue weighted by atomic mass is 32.2. The Hall–Kier alpha value is -2.50. The zero-order valence-electron chi connectivity index (χ0n) is 15.5. The molecule has 8 heteroatoms. The summed E-state index contributed by atoms with van der Waals surface area (Å²) >= 11 is 1.45. The summed E-state index contributed by atoms with van der Waals surface area (Å²) in [5.41, 5.74) is 1.70. The van der Waals surface area contributed by atoms with Crippen LogP contribution in [0.1, 0.15) is 18.4 Å². The van der Waals surface area contributed by atoms with E-state index in [4.69, 9.17) is 9.84 Å². The molecule has 2 atom stereocenters. The number of allylic oxidation sites excluding steroid dienone is 1. The molecule has 2 N–H and O–H groups in total. The Kier molecular flexibility index (Phi) is 6.95. The van der Waals surface area contributed by atoms with Gasteiger partial charge in [0, 0.05) is 30.7 Å². The number of rotatable bonds is 6. The predicted molar refractivity (Wildman–Crippen MR) is 105 cm³/mol. The van der Waals surface area contributed by atoms with Crippen molar-refractivity contribution in [2.75, 3.05) is 26.3 Å². The smallest absolute Gasteiger partial charge is 0.409 e. The molecule has 1 saturated heterocycles. The largest absolute Gasteiger partial charge is 0.447 e. The average Bonchev–Trinajstić information content (AvgIpc) is 3.07. The number of aliphatic hydroxyl groups excluding tert-OH is 1.